The zero-order chi connectivity index (χ0) is 61.2. The van der Waals surface area contributed by atoms with Crippen LogP contribution in [0.2, 0.25) is 0 Å². The van der Waals surface area contributed by atoms with Gasteiger partial charge in [-0.15, -0.1) is 0 Å². The predicted molar refractivity (Wildman–Crippen MR) is 282 cm³/mol. The molecule has 1 saturated heterocycles. The van der Waals surface area contributed by atoms with Crippen LogP contribution in [-0.2, 0) is 25.2 Å². The molecule has 2 atom stereocenters. The molecule has 4 N–H and O–H groups in total. The zero-order valence-corrected chi connectivity index (χ0v) is 46.2. The van der Waals surface area contributed by atoms with Crippen molar-refractivity contribution in [3.05, 3.63) is 141 Å². The minimum Gasteiger partial charge on any atom is -0.491 e. The Kier molecular flexibility index (Phi) is 22.4. The fourth-order valence-corrected chi connectivity index (χ4v) is 9.96. The molecule has 1 aliphatic heterocycles. The largest absolute Gasteiger partial charge is 0.491 e. The second-order valence-corrected chi connectivity index (χ2v) is 20.4. The minimum absolute atomic E-state index is 0.00151. The van der Waals surface area contributed by atoms with E-state index in [-0.39, 0.29) is 61.4 Å². The first-order valence-corrected chi connectivity index (χ1v) is 26.4. The average molecular weight is 1160 g/mol. The second-order valence-electron chi connectivity index (χ2n) is 20.4. The van der Waals surface area contributed by atoms with Gasteiger partial charge in [0.2, 0.25) is 0 Å². The van der Waals surface area contributed by atoms with Crippen LogP contribution < -0.4 is 9.47 Å². The van der Waals surface area contributed by atoms with E-state index in [4.69, 9.17) is 19.3 Å². The van der Waals surface area contributed by atoms with Crippen LogP contribution in [0.15, 0.2) is 84.9 Å². The highest BCUT2D eigenvalue weighted by molar-refractivity contribution is 5.70. The molecule has 9 nitrogen and oxygen atoms in total. The summed E-state index contributed by atoms with van der Waals surface area (Å²) >= 11 is 0. The number of hydrogen-bond acceptors (Lipinski definition) is 8. The average Bonchev–Trinajstić information content (AvgIpc) is 3.38. The molecule has 4 aromatic rings. The third-order valence-electron chi connectivity index (χ3n) is 15.2. The molecule has 0 saturated carbocycles. The monoisotopic (exact) mass is 1160 g/mol. The van der Waals surface area contributed by atoms with Crippen LogP contribution >= 0.6 is 0 Å². The lowest BCUT2D eigenvalue weighted by Crippen LogP contribution is -2.55. The highest BCUT2D eigenvalue weighted by Gasteiger charge is 2.70. The second kappa shape index (κ2) is 26.9. The first kappa shape index (κ1) is 67.4. The Morgan fingerprint density at radius 3 is 1.31 bits per heavy atom. The van der Waals surface area contributed by atoms with Crippen LogP contribution in [0, 0.1) is 27.7 Å². The van der Waals surface area contributed by atoms with E-state index in [9.17, 15) is 77.6 Å². The molecule has 0 unspecified atom stereocenters. The van der Waals surface area contributed by atoms with E-state index in [0.29, 0.717) is 73.3 Å². The Morgan fingerprint density at radius 1 is 0.605 bits per heavy atom. The fourth-order valence-electron chi connectivity index (χ4n) is 9.96. The molecule has 0 aliphatic carbocycles. The van der Waals surface area contributed by atoms with E-state index in [1.807, 2.05) is 71.9 Å². The lowest BCUT2D eigenvalue weighted by atomic mass is 9.70. The Labute approximate surface area is 463 Å². The number of carboxylic acid groups (broad SMARTS) is 1. The Morgan fingerprint density at radius 2 is 0.975 bits per heavy atom. The van der Waals surface area contributed by atoms with Crippen LogP contribution in [-0.4, -0.2) is 93.7 Å². The van der Waals surface area contributed by atoms with Crippen LogP contribution in [0.4, 0.5) is 52.7 Å². The number of alkyl halides is 12. The number of benzene rings is 4. The van der Waals surface area contributed by atoms with Gasteiger partial charge in [0.05, 0.1) is 6.10 Å². The number of ether oxygens (including phenoxy) is 3. The maximum absolute atomic E-state index is 13.1. The molecule has 448 valence electrons. The fraction of sp³-hybridized carbons (Fsp3) is 0.500. The molecule has 21 heteroatoms. The highest BCUT2D eigenvalue weighted by Crippen LogP contribution is 2.47. The SMILES string of the molecule is CCC(CC)(c1ccc(/C=C/C(O)(C(F)(F)F)C(F)(F)F)c(C)c1)c1ccc(OC[C@H](O)CCCC(=O)O)c(C)c1.CCC(CC)(c1ccc(/C=C/C(O)(C(F)(F)F)C(F)(F)F)c(C)c1)c1ccc(OC[C@H]2CCCC(=O)O2)c(C)c1. The summed E-state index contributed by atoms with van der Waals surface area (Å²) in [6.07, 6.45) is -19.0. The number of carbonyl (C=O) groups is 2. The predicted octanol–water partition coefficient (Wildman–Crippen LogP) is 15.0. The van der Waals surface area contributed by atoms with Crippen molar-refractivity contribution in [2.45, 2.75) is 179 Å². The van der Waals surface area contributed by atoms with E-state index in [2.05, 4.69) is 0 Å². The van der Waals surface area contributed by atoms with Crippen molar-refractivity contribution in [2.24, 2.45) is 0 Å². The van der Waals surface area contributed by atoms with Crippen molar-refractivity contribution in [1.82, 2.24) is 0 Å². The summed E-state index contributed by atoms with van der Waals surface area (Å²) in [6, 6.07) is 21.1. The van der Waals surface area contributed by atoms with E-state index in [1.165, 1.54) is 12.1 Å². The number of aliphatic hydroxyl groups excluding tert-OH is 1. The van der Waals surface area contributed by atoms with E-state index in [0.717, 1.165) is 46.2 Å². The van der Waals surface area contributed by atoms with Crippen LogP contribution in [0.1, 0.15) is 148 Å². The van der Waals surface area contributed by atoms with Crippen LogP contribution in [0.25, 0.3) is 12.2 Å². The lowest BCUT2D eigenvalue weighted by molar-refractivity contribution is -0.348. The molecule has 1 heterocycles. The Balaban J connectivity index is 0.000000348. The van der Waals surface area contributed by atoms with Gasteiger partial charge in [-0.25, -0.2) is 0 Å². The third kappa shape index (κ3) is 15.7. The van der Waals surface area contributed by atoms with Gasteiger partial charge < -0.3 is 34.6 Å². The normalized spacial score (nSPS) is 15.6. The smallest absolute Gasteiger partial charge is 0.430 e. The summed E-state index contributed by atoms with van der Waals surface area (Å²) < 4.78 is 174. The van der Waals surface area contributed by atoms with Crippen molar-refractivity contribution in [1.29, 1.82) is 0 Å². The lowest BCUT2D eigenvalue weighted by Gasteiger charge is -2.34. The van der Waals surface area contributed by atoms with E-state index in [1.54, 1.807) is 44.2 Å². The van der Waals surface area contributed by atoms with Gasteiger partial charge in [-0.05, 0) is 159 Å². The number of halogens is 12. The number of aryl methyl sites for hydroxylation is 4. The number of rotatable bonds is 22. The van der Waals surface area contributed by atoms with E-state index < -0.39 is 58.8 Å². The molecular weight excluding hydrogens is 1090 g/mol. The number of hydrogen-bond donors (Lipinski definition) is 4. The minimum atomic E-state index is -5.94. The van der Waals surface area contributed by atoms with Gasteiger partial charge in [-0.1, -0.05) is 101 Å². The molecule has 0 spiro atoms. The number of carbonyl (C=O) groups excluding carboxylic acids is 1. The summed E-state index contributed by atoms with van der Waals surface area (Å²) in [5.74, 6) is 0.0441. The number of aliphatic hydroxyl groups is 3. The Bertz CT molecular complexity index is 2790. The first-order valence-electron chi connectivity index (χ1n) is 26.4. The summed E-state index contributed by atoms with van der Waals surface area (Å²) in [6.45, 7) is 15.1. The molecule has 1 aliphatic rings. The molecule has 5 rings (SSSR count). The first-order chi connectivity index (χ1) is 37.5. The Hall–Kier alpha value is -6.06. The number of cyclic esters (lactones) is 1. The quantitative estimate of drug-likeness (QED) is 0.0447. The number of esters is 1. The van der Waals surface area contributed by atoms with Gasteiger partial charge in [0.15, 0.2) is 0 Å². The molecular formula is C60H70F12O9. The summed E-state index contributed by atoms with van der Waals surface area (Å²) in [4.78, 5) is 22.2. The molecule has 0 bridgehead atoms. The van der Waals surface area contributed by atoms with Crippen molar-refractivity contribution in [3.8, 4) is 11.5 Å². The summed E-state index contributed by atoms with van der Waals surface area (Å²) in [5, 5.41) is 37.7. The molecule has 1 fully saturated rings. The molecule has 0 radical (unpaired) electrons. The van der Waals surface area contributed by atoms with Crippen molar-refractivity contribution >= 4 is 24.1 Å². The topological polar surface area (TPSA) is 143 Å². The number of aliphatic carboxylic acids is 1. The van der Waals surface area contributed by atoms with Gasteiger partial charge in [-0.3, -0.25) is 9.59 Å². The summed E-state index contributed by atoms with van der Waals surface area (Å²) in [7, 11) is 0. The van der Waals surface area contributed by atoms with Gasteiger partial charge in [0.25, 0.3) is 11.2 Å². The van der Waals surface area contributed by atoms with Gasteiger partial charge >= 0.3 is 36.6 Å². The maximum atomic E-state index is 13.1. The van der Waals surface area contributed by atoms with Gasteiger partial charge in [0, 0.05) is 23.7 Å². The van der Waals surface area contributed by atoms with Crippen LogP contribution in [0.5, 0.6) is 11.5 Å². The van der Waals surface area contributed by atoms with Gasteiger partial charge in [0.1, 0.15) is 30.8 Å². The number of carboxylic acids is 1. The van der Waals surface area contributed by atoms with Crippen molar-refractivity contribution < 1.29 is 96.9 Å². The third-order valence-corrected chi connectivity index (χ3v) is 15.2. The molecule has 81 heavy (non-hydrogen) atoms. The van der Waals surface area contributed by atoms with Crippen molar-refractivity contribution in [2.75, 3.05) is 13.2 Å². The molecule has 4 aromatic carbocycles. The zero-order valence-electron chi connectivity index (χ0n) is 46.2. The van der Waals surface area contributed by atoms with E-state index >= 15 is 0 Å². The standard InChI is InChI=1S/C30H36F6O5.C30H34F6O4/c1-5-27(6-2,23-12-13-25(20(4)17-23)41-18-24(37)8-7-9-26(38)39)22-11-10-21(19(3)16-22)14-15-28(40,29(31,32)33)30(34,35)36;1-5-27(6-2,23-12-13-25(20(4)17-23)39-18-24-8-7-9-26(37)40-24)22-11-10-21(19(3)16-22)14-15-28(38,29(31,32)33)30(34,35)36/h10-17,24,37,40H,5-9,18H2,1-4H3,(H,38,39);10-17,24,38H,5-9,18H2,1-4H3/b2*15-14+/t2*24-/m11/s1. The summed E-state index contributed by atoms with van der Waals surface area (Å²) in [5.41, 5.74) is -4.55. The van der Waals surface area contributed by atoms with Crippen molar-refractivity contribution in [3.63, 3.8) is 0 Å². The molecule has 0 amide bonds. The van der Waals surface area contributed by atoms with Crippen LogP contribution in [0.3, 0.4) is 0 Å². The van der Waals surface area contributed by atoms with Gasteiger partial charge in [-0.2, -0.15) is 52.7 Å². The maximum Gasteiger partial charge on any atom is 0.430 e. The highest BCUT2D eigenvalue weighted by atomic mass is 19.4. The molecule has 0 aromatic heterocycles.